The van der Waals surface area contributed by atoms with Crippen molar-refractivity contribution in [1.82, 2.24) is 10.6 Å². The Morgan fingerprint density at radius 2 is 2.25 bits per heavy atom. The van der Waals surface area contributed by atoms with Gasteiger partial charge in [-0.3, -0.25) is 10.7 Å². The van der Waals surface area contributed by atoms with Gasteiger partial charge in [-0.05, 0) is 24.6 Å². The number of guanidine groups is 1. The maximum Gasteiger partial charge on any atom is 0.231 e. The van der Waals surface area contributed by atoms with Crippen LogP contribution < -0.4 is 25.8 Å². The van der Waals surface area contributed by atoms with Crippen LogP contribution in [-0.2, 0) is 6.42 Å². The molecule has 7 nitrogen and oxygen atoms in total. The molecule has 0 spiro atoms. The van der Waals surface area contributed by atoms with E-state index in [2.05, 4.69) is 20.6 Å². The van der Waals surface area contributed by atoms with Crippen molar-refractivity contribution in [1.29, 1.82) is 0 Å². The zero-order chi connectivity index (χ0) is 14.0. The quantitative estimate of drug-likeness (QED) is 0.731. The fourth-order valence-electron chi connectivity index (χ4n) is 2.18. The normalized spacial score (nSPS) is 25.4. The molecule has 1 atom stereocenters. The summed E-state index contributed by atoms with van der Waals surface area (Å²) in [7, 11) is 0. The lowest BCUT2D eigenvalue weighted by Crippen LogP contribution is -2.62. The number of rotatable bonds is 3. The molecule has 0 saturated carbocycles. The van der Waals surface area contributed by atoms with Gasteiger partial charge in [0.2, 0.25) is 6.79 Å². The molecule has 1 aromatic carbocycles. The fourth-order valence-corrected chi connectivity index (χ4v) is 2.18. The molecule has 1 aromatic rings. The van der Waals surface area contributed by atoms with E-state index < -0.39 is 5.79 Å². The van der Waals surface area contributed by atoms with Gasteiger partial charge in [0.25, 0.3) is 0 Å². The lowest BCUT2D eigenvalue weighted by Gasteiger charge is -2.31. The van der Waals surface area contributed by atoms with E-state index in [1.165, 1.54) is 0 Å². The predicted octanol–water partition coefficient (Wildman–Crippen LogP) is 0.167. The van der Waals surface area contributed by atoms with Crippen molar-refractivity contribution in [2.24, 2.45) is 15.7 Å². The third-order valence-electron chi connectivity index (χ3n) is 3.06. The Hall–Kier alpha value is -2.28. The summed E-state index contributed by atoms with van der Waals surface area (Å²) in [5, 5.41) is 6.02. The van der Waals surface area contributed by atoms with E-state index in [0.29, 0.717) is 18.9 Å². The van der Waals surface area contributed by atoms with Crippen LogP contribution in [0.3, 0.4) is 0 Å². The molecule has 0 radical (unpaired) electrons. The lowest BCUT2D eigenvalue weighted by molar-refractivity contribution is 0.174. The first-order valence-electron chi connectivity index (χ1n) is 6.49. The highest BCUT2D eigenvalue weighted by Gasteiger charge is 2.28. The second-order valence-corrected chi connectivity index (χ2v) is 4.64. The van der Waals surface area contributed by atoms with E-state index in [9.17, 15) is 0 Å². The Morgan fingerprint density at radius 3 is 3.10 bits per heavy atom. The summed E-state index contributed by atoms with van der Waals surface area (Å²) >= 11 is 0. The van der Waals surface area contributed by atoms with Crippen LogP contribution in [0, 0.1) is 0 Å². The highest BCUT2D eigenvalue weighted by molar-refractivity contribution is 5.92. The zero-order valence-electron chi connectivity index (χ0n) is 11.2. The molecule has 0 aliphatic carbocycles. The van der Waals surface area contributed by atoms with E-state index >= 15 is 0 Å². The van der Waals surface area contributed by atoms with Gasteiger partial charge in [0.15, 0.2) is 23.2 Å². The molecule has 2 aliphatic rings. The standard InChI is InChI=1S/C13H17N5O2/c1-2-15-12-16-7-17-13(14,18-12)6-9-3-4-10-11(5-9)20-8-19-10/h3-5,7H,2,6,8,14H2,1H3,(H2,15,16,17,18). The number of benzene rings is 1. The van der Waals surface area contributed by atoms with Gasteiger partial charge in [-0.2, -0.15) is 0 Å². The number of aliphatic imine (C=N–C) groups is 2. The van der Waals surface area contributed by atoms with Gasteiger partial charge in [0, 0.05) is 13.0 Å². The van der Waals surface area contributed by atoms with Crippen LogP contribution in [0.25, 0.3) is 0 Å². The molecule has 3 rings (SSSR count). The number of nitrogens with zero attached hydrogens (tertiary/aromatic N) is 2. The largest absolute Gasteiger partial charge is 0.454 e. The molecule has 7 heteroatoms. The SMILES string of the molecule is CCN=C1NC=NC(N)(Cc2ccc3c(c2)OCO3)N1. The summed E-state index contributed by atoms with van der Waals surface area (Å²) in [5.74, 6) is 1.22. The maximum absolute atomic E-state index is 6.26. The minimum atomic E-state index is -0.910. The summed E-state index contributed by atoms with van der Waals surface area (Å²) in [6.45, 7) is 2.89. The van der Waals surface area contributed by atoms with Gasteiger partial charge in [0.05, 0.1) is 6.34 Å². The Labute approximate surface area is 116 Å². The van der Waals surface area contributed by atoms with Crippen molar-refractivity contribution in [2.75, 3.05) is 13.3 Å². The van der Waals surface area contributed by atoms with Crippen molar-refractivity contribution in [3.05, 3.63) is 23.8 Å². The second-order valence-electron chi connectivity index (χ2n) is 4.64. The number of fused-ring (bicyclic) bond motifs is 1. The molecule has 0 aromatic heterocycles. The highest BCUT2D eigenvalue weighted by Crippen LogP contribution is 2.33. The van der Waals surface area contributed by atoms with E-state index in [1.807, 2.05) is 25.1 Å². The molecule has 4 N–H and O–H groups in total. The Bertz CT molecular complexity index is 572. The minimum absolute atomic E-state index is 0.264. The van der Waals surface area contributed by atoms with E-state index in [-0.39, 0.29) is 6.79 Å². The zero-order valence-corrected chi connectivity index (χ0v) is 11.2. The fraction of sp³-hybridized carbons (Fsp3) is 0.385. The second kappa shape index (κ2) is 5.01. The Morgan fingerprint density at radius 1 is 1.40 bits per heavy atom. The number of hydrogen-bond acceptors (Lipinski definition) is 5. The molecule has 20 heavy (non-hydrogen) atoms. The van der Waals surface area contributed by atoms with Gasteiger partial charge >= 0.3 is 0 Å². The number of hydrogen-bond donors (Lipinski definition) is 3. The van der Waals surface area contributed by atoms with Gasteiger partial charge in [-0.25, -0.2) is 4.99 Å². The molecule has 106 valence electrons. The van der Waals surface area contributed by atoms with Crippen molar-refractivity contribution < 1.29 is 9.47 Å². The van der Waals surface area contributed by atoms with Crippen LogP contribution in [0.5, 0.6) is 11.5 Å². The monoisotopic (exact) mass is 275 g/mol. The predicted molar refractivity (Wildman–Crippen MR) is 75.9 cm³/mol. The molecule has 2 aliphatic heterocycles. The lowest BCUT2D eigenvalue weighted by atomic mass is 10.1. The Kier molecular flexibility index (Phi) is 3.19. The summed E-state index contributed by atoms with van der Waals surface area (Å²) < 4.78 is 10.7. The third-order valence-corrected chi connectivity index (χ3v) is 3.06. The van der Waals surface area contributed by atoms with Crippen molar-refractivity contribution >= 4 is 12.3 Å². The van der Waals surface area contributed by atoms with Crippen molar-refractivity contribution in [3.8, 4) is 11.5 Å². The van der Waals surface area contributed by atoms with Crippen LogP contribution in [0.4, 0.5) is 0 Å². The van der Waals surface area contributed by atoms with Crippen molar-refractivity contribution in [2.45, 2.75) is 19.1 Å². The maximum atomic E-state index is 6.26. The average molecular weight is 275 g/mol. The van der Waals surface area contributed by atoms with Gasteiger partial charge in [-0.1, -0.05) is 6.07 Å². The molecule has 0 bridgehead atoms. The number of nitrogens with two attached hydrogens (primary N) is 1. The summed E-state index contributed by atoms with van der Waals surface area (Å²) in [4.78, 5) is 8.52. The van der Waals surface area contributed by atoms with Crippen LogP contribution in [0.2, 0.25) is 0 Å². The highest BCUT2D eigenvalue weighted by atomic mass is 16.7. The molecule has 1 unspecified atom stereocenters. The van der Waals surface area contributed by atoms with Crippen LogP contribution in [0.15, 0.2) is 28.2 Å². The van der Waals surface area contributed by atoms with Gasteiger partial charge in [-0.15, -0.1) is 0 Å². The van der Waals surface area contributed by atoms with Crippen LogP contribution in [-0.4, -0.2) is 31.4 Å². The third kappa shape index (κ3) is 2.53. The van der Waals surface area contributed by atoms with Crippen LogP contribution >= 0.6 is 0 Å². The first-order chi connectivity index (χ1) is 9.68. The van der Waals surface area contributed by atoms with E-state index in [1.54, 1.807) is 6.34 Å². The summed E-state index contributed by atoms with van der Waals surface area (Å²) in [6.07, 6.45) is 2.09. The number of ether oxygens (including phenoxy) is 2. The summed E-state index contributed by atoms with van der Waals surface area (Å²) in [5.41, 5.74) is 7.27. The molecule has 0 saturated heterocycles. The smallest absolute Gasteiger partial charge is 0.231 e. The average Bonchev–Trinajstić information content (AvgIpc) is 2.86. The van der Waals surface area contributed by atoms with Gasteiger partial charge < -0.3 is 20.1 Å². The minimum Gasteiger partial charge on any atom is -0.454 e. The first-order valence-corrected chi connectivity index (χ1v) is 6.49. The number of nitrogens with one attached hydrogen (secondary N) is 2. The van der Waals surface area contributed by atoms with E-state index in [4.69, 9.17) is 15.2 Å². The molecular weight excluding hydrogens is 258 g/mol. The van der Waals surface area contributed by atoms with E-state index in [0.717, 1.165) is 17.1 Å². The molecular formula is C13H17N5O2. The Balaban J connectivity index is 1.78. The first kappa shape index (κ1) is 12.7. The van der Waals surface area contributed by atoms with Crippen molar-refractivity contribution in [3.63, 3.8) is 0 Å². The topological polar surface area (TPSA) is 93.3 Å². The molecule has 0 fully saturated rings. The molecule has 2 heterocycles. The van der Waals surface area contributed by atoms with Gasteiger partial charge in [0.1, 0.15) is 0 Å². The molecule has 0 amide bonds. The summed E-state index contributed by atoms with van der Waals surface area (Å²) in [6, 6.07) is 5.76. The van der Waals surface area contributed by atoms with Crippen LogP contribution in [0.1, 0.15) is 12.5 Å².